The molecule has 1 aliphatic carbocycles. The van der Waals surface area contributed by atoms with E-state index in [0.717, 1.165) is 12.8 Å². The highest BCUT2D eigenvalue weighted by Gasteiger charge is 2.31. The lowest BCUT2D eigenvalue weighted by Gasteiger charge is -2.03. The van der Waals surface area contributed by atoms with Gasteiger partial charge in [-0.1, -0.05) is 23.2 Å². The van der Waals surface area contributed by atoms with Crippen LogP contribution in [0.1, 0.15) is 30.0 Å². The van der Waals surface area contributed by atoms with Crippen molar-refractivity contribution in [2.24, 2.45) is 0 Å². The van der Waals surface area contributed by atoms with Gasteiger partial charge in [0.1, 0.15) is 17.4 Å². The van der Waals surface area contributed by atoms with Crippen LogP contribution in [0.5, 0.6) is 0 Å². The third-order valence-electron chi connectivity index (χ3n) is 3.08. The fourth-order valence-electron chi connectivity index (χ4n) is 1.95. The standard InChI is InChI=1S/C13H8Cl2FN3/c14-10-4-3-8(5-11(10)16)19-13(15)9(6-17)12(18-19)7-1-2-7/h3-5,7H,1-2H2. The maximum absolute atomic E-state index is 13.5. The Morgan fingerprint density at radius 3 is 2.68 bits per heavy atom. The van der Waals surface area contributed by atoms with Crippen LogP contribution < -0.4 is 0 Å². The molecule has 19 heavy (non-hydrogen) atoms. The van der Waals surface area contributed by atoms with Crippen LogP contribution in [0.15, 0.2) is 18.2 Å². The number of hydrogen-bond donors (Lipinski definition) is 0. The van der Waals surface area contributed by atoms with Crippen molar-refractivity contribution in [3.05, 3.63) is 45.4 Å². The molecule has 0 spiro atoms. The van der Waals surface area contributed by atoms with Crippen LogP contribution >= 0.6 is 23.2 Å². The third-order valence-corrected chi connectivity index (χ3v) is 3.74. The first-order valence-electron chi connectivity index (χ1n) is 5.75. The Balaban J connectivity index is 2.14. The van der Waals surface area contributed by atoms with Crippen LogP contribution in [-0.4, -0.2) is 9.78 Å². The van der Waals surface area contributed by atoms with Gasteiger partial charge in [-0.15, -0.1) is 0 Å². The van der Waals surface area contributed by atoms with Gasteiger partial charge in [-0.05, 0) is 25.0 Å². The zero-order valence-electron chi connectivity index (χ0n) is 9.70. The topological polar surface area (TPSA) is 41.6 Å². The lowest BCUT2D eigenvalue weighted by molar-refractivity contribution is 0.625. The van der Waals surface area contributed by atoms with Crippen LogP contribution in [-0.2, 0) is 0 Å². The molecular weight excluding hydrogens is 288 g/mol. The Morgan fingerprint density at radius 1 is 1.37 bits per heavy atom. The van der Waals surface area contributed by atoms with E-state index in [-0.39, 0.29) is 10.2 Å². The first-order valence-corrected chi connectivity index (χ1v) is 6.51. The van der Waals surface area contributed by atoms with Gasteiger partial charge in [-0.3, -0.25) is 0 Å². The predicted molar refractivity (Wildman–Crippen MR) is 70.2 cm³/mol. The van der Waals surface area contributed by atoms with E-state index >= 15 is 0 Å². The summed E-state index contributed by atoms with van der Waals surface area (Å²) >= 11 is 11.8. The second kappa shape index (κ2) is 4.52. The van der Waals surface area contributed by atoms with Crippen molar-refractivity contribution >= 4 is 23.2 Å². The molecule has 0 atom stereocenters. The minimum absolute atomic E-state index is 0.0370. The van der Waals surface area contributed by atoms with Crippen LogP contribution in [0.2, 0.25) is 10.2 Å². The Bertz CT molecular complexity index is 699. The highest BCUT2D eigenvalue weighted by Crippen LogP contribution is 2.42. The van der Waals surface area contributed by atoms with E-state index in [2.05, 4.69) is 11.2 Å². The number of benzene rings is 1. The van der Waals surface area contributed by atoms with Gasteiger partial charge in [0.15, 0.2) is 5.15 Å². The summed E-state index contributed by atoms with van der Waals surface area (Å²) in [4.78, 5) is 0. The van der Waals surface area contributed by atoms with Crippen molar-refractivity contribution in [2.75, 3.05) is 0 Å². The van der Waals surface area contributed by atoms with E-state index in [4.69, 9.17) is 28.5 Å². The average molecular weight is 296 g/mol. The summed E-state index contributed by atoms with van der Waals surface area (Å²) in [6, 6.07) is 6.37. The maximum Gasteiger partial charge on any atom is 0.150 e. The molecule has 1 heterocycles. The minimum Gasteiger partial charge on any atom is -0.220 e. The van der Waals surface area contributed by atoms with Crippen LogP contribution in [0.4, 0.5) is 4.39 Å². The summed E-state index contributed by atoms with van der Waals surface area (Å²) in [5, 5.41) is 13.7. The Hall–Kier alpha value is -1.57. The van der Waals surface area contributed by atoms with E-state index in [0.29, 0.717) is 22.9 Å². The molecule has 3 nitrogen and oxygen atoms in total. The first-order chi connectivity index (χ1) is 9.11. The number of hydrogen-bond acceptors (Lipinski definition) is 2. The number of nitriles is 1. The molecule has 1 saturated carbocycles. The molecule has 96 valence electrons. The second-order valence-corrected chi connectivity index (χ2v) is 5.21. The van der Waals surface area contributed by atoms with Crippen molar-refractivity contribution in [1.29, 1.82) is 5.26 Å². The van der Waals surface area contributed by atoms with Gasteiger partial charge >= 0.3 is 0 Å². The van der Waals surface area contributed by atoms with Crippen LogP contribution in [0.25, 0.3) is 5.69 Å². The van der Waals surface area contributed by atoms with Crippen molar-refractivity contribution < 1.29 is 4.39 Å². The molecule has 2 aromatic rings. The molecule has 1 aliphatic rings. The van der Waals surface area contributed by atoms with Gasteiger partial charge in [0.05, 0.1) is 16.4 Å². The number of halogens is 3. The SMILES string of the molecule is N#Cc1c(C2CC2)nn(-c2ccc(Cl)c(F)c2)c1Cl. The Labute approximate surface area is 119 Å². The van der Waals surface area contributed by atoms with Crippen molar-refractivity contribution in [3.63, 3.8) is 0 Å². The van der Waals surface area contributed by atoms with Crippen molar-refractivity contribution in [1.82, 2.24) is 9.78 Å². The van der Waals surface area contributed by atoms with E-state index < -0.39 is 5.82 Å². The van der Waals surface area contributed by atoms with E-state index in [1.54, 1.807) is 6.07 Å². The highest BCUT2D eigenvalue weighted by molar-refractivity contribution is 6.31. The first kappa shape index (κ1) is 12.5. The molecule has 0 bridgehead atoms. The molecule has 1 fully saturated rings. The van der Waals surface area contributed by atoms with Crippen molar-refractivity contribution in [2.45, 2.75) is 18.8 Å². The summed E-state index contributed by atoms with van der Waals surface area (Å²) in [6.07, 6.45) is 2.02. The summed E-state index contributed by atoms with van der Waals surface area (Å²) in [5.74, 6) is -0.247. The number of nitrogens with zero attached hydrogens (tertiary/aromatic N) is 3. The largest absolute Gasteiger partial charge is 0.220 e. The van der Waals surface area contributed by atoms with Crippen molar-refractivity contribution in [3.8, 4) is 11.8 Å². The predicted octanol–water partition coefficient (Wildman–Crippen LogP) is 4.07. The molecule has 0 N–H and O–H groups in total. The Kier molecular flexibility index (Phi) is 2.96. The molecule has 3 rings (SSSR count). The molecule has 6 heteroatoms. The fraction of sp³-hybridized carbons (Fsp3) is 0.231. The van der Waals surface area contributed by atoms with E-state index in [1.165, 1.54) is 16.8 Å². The molecule has 1 aromatic heterocycles. The smallest absolute Gasteiger partial charge is 0.150 e. The van der Waals surface area contributed by atoms with Gasteiger partial charge in [0.25, 0.3) is 0 Å². The second-order valence-electron chi connectivity index (χ2n) is 4.45. The zero-order valence-corrected chi connectivity index (χ0v) is 11.2. The van der Waals surface area contributed by atoms with Gasteiger partial charge in [0.2, 0.25) is 0 Å². The lowest BCUT2D eigenvalue weighted by Crippen LogP contribution is -1.98. The molecule has 0 aliphatic heterocycles. The zero-order chi connectivity index (χ0) is 13.6. The van der Waals surface area contributed by atoms with Crippen LogP contribution in [0, 0.1) is 17.1 Å². The summed E-state index contributed by atoms with van der Waals surface area (Å²) in [5.41, 5.74) is 1.53. The van der Waals surface area contributed by atoms with Gasteiger partial charge < -0.3 is 0 Å². The molecule has 0 unspecified atom stereocenters. The lowest BCUT2D eigenvalue weighted by atomic mass is 10.2. The summed E-state index contributed by atoms with van der Waals surface area (Å²) in [6.45, 7) is 0. The minimum atomic E-state index is -0.544. The Morgan fingerprint density at radius 2 is 2.11 bits per heavy atom. The van der Waals surface area contributed by atoms with Gasteiger partial charge in [0, 0.05) is 12.0 Å². The normalized spacial score (nSPS) is 14.4. The molecule has 0 saturated heterocycles. The van der Waals surface area contributed by atoms with E-state index in [9.17, 15) is 4.39 Å². The average Bonchev–Trinajstić information content (AvgIpc) is 3.17. The maximum atomic E-state index is 13.5. The molecule has 1 aromatic carbocycles. The fourth-order valence-corrected chi connectivity index (χ4v) is 2.34. The number of rotatable bonds is 2. The summed E-state index contributed by atoms with van der Waals surface area (Å²) < 4.78 is 14.9. The van der Waals surface area contributed by atoms with Gasteiger partial charge in [-0.2, -0.15) is 10.4 Å². The monoisotopic (exact) mass is 295 g/mol. The molecule has 0 amide bonds. The summed E-state index contributed by atoms with van der Waals surface area (Å²) in [7, 11) is 0. The quantitative estimate of drug-likeness (QED) is 0.838. The highest BCUT2D eigenvalue weighted by atomic mass is 35.5. The third kappa shape index (κ3) is 2.09. The number of aromatic nitrogens is 2. The van der Waals surface area contributed by atoms with Crippen LogP contribution in [0.3, 0.4) is 0 Å². The van der Waals surface area contributed by atoms with E-state index in [1.807, 2.05) is 0 Å². The molecule has 0 radical (unpaired) electrons. The van der Waals surface area contributed by atoms with Gasteiger partial charge in [-0.25, -0.2) is 9.07 Å². The molecular formula is C13H8Cl2FN3.